The van der Waals surface area contributed by atoms with Gasteiger partial charge in [-0.2, -0.15) is 0 Å². The number of hydrogen-bond donors (Lipinski definition) is 0. The van der Waals surface area contributed by atoms with E-state index in [0.717, 1.165) is 0 Å². The number of benzene rings is 2. The first-order chi connectivity index (χ1) is 9.56. The van der Waals surface area contributed by atoms with Crippen LogP contribution in [0.5, 0.6) is 0 Å². The monoisotopic (exact) mass is 266 g/mol. The van der Waals surface area contributed by atoms with Gasteiger partial charge in [0.05, 0.1) is 11.9 Å². The highest BCUT2D eigenvalue weighted by Gasteiger charge is 1.96. The van der Waals surface area contributed by atoms with Crippen molar-refractivity contribution in [3.8, 4) is 0 Å². The normalized spacial score (nSPS) is 10.6. The van der Waals surface area contributed by atoms with Crippen molar-refractivity contribution in [3.05, 3.63) is 70.8 Å². The number of rotatable bonds is 4. The topological polar surface area (TPSA) is 80.3 Å². The third kappa shape index (κ3) is 3.32. The lowest BCUT2D eigenvalue weighted by atomic mass is 10.1. The van der Waals surface area contributed by atoms with E-state index < -0.39 is 11.9 Å². The van der Waals surface area contributed by atoms with Gasteiger partial charge in [0.1, 0.15) is 0 Å². The molecule has 0 saturated heterocycles. The summed E-state index contributed by atoms with van der Waals surface area (Å²) in [5.74, 6) is -2.47. The summed E-state index contributed by atoms with van der Waals surface area (Å²) in [4.78, 5) is 21.5. The SMILES string of the molecule is O=C([O-])c1cccc(/C=C/c2cccc(C(=O)[O-])c2)c1. The maximum Gasteiger partial charge on any atom is 0.0715 e. The zero-order valence-electron chi connectivity index (χ0n) is 10.4. The fraction of sp³-hybridized carbons (Fsp3) is 0. The van der Waals surface area contributed by atoms with Crippen molar-refractivity contribution in [2.24, 2.45) is 0 Å². The Kier molecular flexibility index (Phi) is 3.96. The Morgan fingerprint density at radius 1 is 0.750 bits per heavy atom. The van der Waals surface area contributed by atoms with Crippen LogP contribution in [-0.4, -0.2) is 11.9 Å². The second-order valence-corrected chi connectivity index (χ2v) is 4.16. The molecule has 20 heavy (non-hydrogen) atoms. The van der Waals surface area contributed by atoms with Gasteiger partial charge in [-0.05, 0) is 34.4 Å². The van der Waals surface area contributed by atoms with Crippen molar-refractivity contribution in [3.63, 3.8) is 0 Å². The lowest BCUT2D eigenvalue weighted by molar-refractivity contribution is -0.256. The minimum atomic E-state index is -1.24. The van der Waals surface area contributed by atoms with Crippen LogP contribution in [-0.2, 0) is 0 Å². The molecule has 2 aromatic carbocycles. The molecule has 0 aliphatic carbocycles. The summed E-state index contributed by atoms with van der Waals surface area (Å²) < 4.78 is 0. The molecule has 2 aromatic rings. The van der Waals surface area contributed by atoms with E-state index in [9.17, 15) is 19.8 Å². The zero-order chi connectivity index (χ0) is 14.5. The lowest BCUT2D eigenvalue weighted by Crippen LogP contribution is -2.22. The van der Waals surface area contributed by atoms with Crippen molar-refractivity contribution in [2.45, 2.75) is 0 Å². The van der Waals surface area contributed by atoms with Gasteiger partial charge in [-0.15, -0.1) is 0 Å². The molecule has 4 heteroatoms. The van der Waals surface area contributed by atoms with Crippen LogP contribution in [0.25, 0.3) is 12.2 Å². The highest BCUT2D eigenvalue weighted by molar-refractivity contribution is 5.88. The minimum Gasteiger partial charge on any atom is -0.545 e. The average Bonchev–Trinajstić information content (AvgIpc) is 2.45. The zero-order valence-corrected chi connectivity index (χ0v) is 10.4. The van der Waals surface area contributed by atoms with Crippen LogP contribution in [0.15, 0.2) is 48.5 Å². The molecule has 0 N–H and O–H groups in total. The number of carboxylic acids is 2. The molecule has 4 nitrogen and oxygen atoms in total. The Morgan fingerprint density at radius 2 is 1.15 bits per heavy atom. The second kappa shape index (κ2) is 5.84. The Labute approximate surface area is 115 Å². The summed E-state index contributed by atoms with van der Waals surface area (Å²) in [6, 6.07) is 12.6. The van der Waals surface area contributed by atoms with Gasteiger partial charge in [0.25, 0.3) is 0 Å². The first-order valence-corrected chi connectivity index (χ1v) is 5.87. The van der Waals surface area contributed by atoms with Crippen LogP contribution in [0, 0.1) is 0 Å². The maximum atomic E-state index is 10.7. The van der Waals surface area contributed by atoms with Gasteiger partial charge >= 0.3 is 0 Å². The summed E-state index contributed by atoms with van der Waals surface area (Å²) >= 11 is 0. The van der Waals surface area contributed by atoms with Crippen LogP contribution >= 0.6 is 0 Å². The van der Waals surface area contributed by atoms with Gasteiger partial charge in [-0.25, -0.2) is 0 Å². The summed E-state index contributed by atoms with van der Waals surface area (Å²) in [5, 5.41) is 21.5. The molecule has 0 heterocycles. The van der Waals surface area contributed by atoms with Gasteiger partial charge in [0.2, 0.25) is 0 Å². The summed E-state index contributed by atoms with van der Waals surface area (Å²) in [6.07, 6.45) is 3.39. The smallest absolute Gasteiger partial charge is 0.0715 e. The van der Waals surface area contributed by atoms with Crippen molar-refractivity contribution in [1.82, 2.24) is 0 Å². The van der Waals surface area contributed by atoms with Crippen molar-refractivity contribution < 1.29 is 19.8 Å². The number of hydrogen-bond acceptors (Lipinski definition) is 4. The van der Waals surface area contributed by atoms with Gasteiger partial charge in [0, 0.05) is 0 Å². The Hall–Kier alpha value is -2.88. The fourth-order valence-corrected chi connectivity index (χ4v) is 1.73. The molecule has 0 bridgehead atoms. The molecule has 100 valence electrons. The molecule has 0 radical (unpaired) electrons. The molecule has 0 aliphatic rings. The van der Waals surface area contributed by atoms with Crippen LogP contribution in [0.3, 0.4) is 0 Å². The average molecular weight is 266 g/mol. The van der Waals surface area contributed by atoms with Gasteiger partial charge in [-0.1, -0.05) is 48.6 Å². The molecular weight excluding hydrogens is 256 g/mol. The highest BCUT2D eigenvalue weighted by atomic mass is 16.4. The summed E-state index contributed by atoms with van der Waals surface area (Å²) in [6.45, 7) is 0. The Bertz CT molecular complexity index is 627. The van der Waals surface area contributed by atoms with Gasteiger partial charge < -0.3 is 19.8 Å². The van der Waals surface area contributed by atoms with E-state index in [2.05, 4.69) is 0 Å². The standard InChI is InChI=1S/C16H12O4/c17-15(18)13-5-1-3-11(9-13)7-8-12-4-2-6-14(10-12)16(19)20/h1-10H,(H,17,18)(H,19,20)/p-2/b8-7+. The molecule has 0 atom stereocenters. The van der Waals surface area contributed by atoms with Crippen molar-refractivity contribution >= 4 is 24.1 Å². The van der Waals surface area contributed by atoms with Crippen LogP contribution in [0.4, 0.5) is 0 Å². The van der Waals surface area contributed by atoms with Gasteiger partial charge in [0.15, 0.2) is 0 Å². The Balaban J connectivity index is 2.25. The van der Waals surface area contributed by atoms with E-state index in [-0.39, 0.29) is 11.1 Å². The highest BCUT2D eigenvalue weighted by Crippen LogP contribution is 2.11. The fourth-order valence-electron chi connectivity index (χ4n) is 1.73. The molecular formula is C16H10O4-2. The summed E-state index contributed by atoms with van der Waals surface area (Å²) in [5.41, 5.74) is 1.56. The van der Waals surface area contributed by atoms with E-state index in [4.69, 9.17) is 0 Å². The predicted molar refractivity (Wildman–Crippen MR) is 70.5 cm³/mol. The largest absolute Gasteiger partial charge is 0.545 e. The van der Waals surface area contributed by atoms with Crippen LogP contribution in [0.1, 0.15) is 31.8 Å². The second-order valence-electron chi connectivity index (χ2n) is 4.16. The lowest BCUT2D eigenvalue weighted by Gasteiger charge is -2.04. The molecule has 0 amide bonds. The number of carbonyl (C=O) groups excluding carboxylic acids is 2. The number of aromatic carboxylic acids is 2. The molecule has 0 unspecified atom stereocenters. The first kappa shape index (κ1) is 13.5. The minimum absolute atomic E-state index is 0.0932. The number of carbonyl (C=O) groups is 2. The van der Waals surface area contributed by atoms with E-state index >= 15 is 0 Å². The number of carboxylic acid groups (broad SMARTS) is 2. The van der Waals surface area contributed by atoms with Gasteiger partial charge in [-0.3, -0.25) is 0 Å². The quantitative estimate of drug-likeness (QED) is 0.758. The first-order valence-electron chi connectivity index (χ1n) is 5.87. The maximum absolute atomic E-state index is 10.7. The molecule has 0 spiro atoms. The van der Waals surface area contributed by atoms with E-state index in [1.54, 1.807) is 36.4 Å². The third-order valence-electron chi connectivity index (χ3n) is 2.71. The molecule has 0 fully saturated rings. The van der Waals surface area contributed by atoms with E-state index in [1.807, 2.05) is 0 Å². The molecule has 2 rings (SSSR count). The van der Waals surface area contributed by atoms with Crippen molar-refractivity contribution in [1.29, 1.82) is 0 Å². The molecule has 0 aliphatic heterocycles. The van der Waals surface area contributed by atoms with Crippen LogP contribution in [0.2, 0.25) is 0 Å². The molecule has 0 saturated carbocycles. The van der Waals surface area contributed by atoms with Crippen LogP contribution < -0.4 is 10.2 Å². The van der Waals surface area contributed by atoms with Crippen molar-refractivity contribution in [2.75, 3.05) is 0 Å². The Morgan fingerprint density at radius 3 is 1.50 bits per heavy atom. The third-order valence-corrected chi connectivity index (χ3v) is 2.71. The predicted octanol–water partition coefficient (Wildman–Crippen LogP) is 0.584. The van der Waals surface area contributed by atoms with E-state index in [0.29, 0.717) is 11.1 Å². The summed E-state index contributed by atoms with van der Waals surface area (Å²) in [7, 11) is 0. The van der Waals surface area contributed by atoms with E-state index in [1.165, 1.54) is 24.3 Å². The molecule has 0 aromatic heterocycles.